The highest BCUT2D eigenvalue weighted by atomic mass is 35.5. The molecule has 0 spiro atoms. The molecule has 1 aliphatic rings. The molecular formula is C6H13ClSi. The molecule has 0 bridgehead atoms. The van der Waals surface area contributed by atoms with Crippen molar-refractivity contribution >= 4 is 19.7 Å². The van der Waals surface area contributed by atoms with Crippen molar-refractivity contribution in [2.45, 2.75) is 31.5 Å². The third-order valence-electron chi connectivity index (χ3n) is 2.03. The summed E-state index contributed by atoms with van der Waals surface area (Å²) in [5, 5.41) is 0. The van der Waals surface area contributed by atoms with Crippen LogP contribution in [0.2, 0.25) is 18.6 Å². The number of alkyl halides is 1. The van der Waals surface area contributed by atoms with Gasteiger partial charge in [0.05, 0.1) is 8.07 Å². The molecule has 0 aromatic heterocycles. The van der Waals surface area contributed by atoms with Crippen LogP contribution in [-0.2, 0) is 0 Å². The lowest BCUT2D eigenvalue weighted by atomic mass is 11.0. The van der Waals surface area contributed by atoms with E-state index in [9.17, 15) is 0 Å². The van der Waals surface area contributed by atoms with Crippen LogP contribution in [0.25, 0.3) is 0 Å². The zero-order chi connectivity index (χ0) is 6.20. The summed E-state index contributed by atoms with van der Waals surface area (Å²) in [5.41, 5.74) is 2.03. The molecule has 48 valence electrons. The molecule has 1 aliphatic carbocycles. The highest BCUT2D eigenvalue weighted by molar-refractivity contribution is 6.84. The quantitative estimate of drug-likeness (QED) is 0.417. The second-order valence-electron chi connectivity index (χ2n) is 3.40. The van der Waals surface area contributed by atoms with Crippen molar-refractivity contribution in [1.82, 2.24) is 0 Å². The first-order valence-corrected chi connectivity index (χ1v) is 7.04. The van der Waals surface area contributed by atoms with Crippen LogP contribution < -0.4 is 0 Å². The van der Waals surface area contributed by atoms with Gasteiger partial charge in [0.25, 0.3) is 0 Å². The maximum absolute atomic E-state index is 5.79. The van der Waals surface area contributed by atoms with Crippen LogP contribution in [0, 0.1) is 0 Å². The molecule has 8 heavy (non-hydrogen) atoms. The lowest BCUT2D eigenvalue weighted by Gasteiger charge is -2.16. The fourth-order valence-electron chi connectivity index (χ4n) is 0.974. The van der Waals surface area contributed by atoms with Crippen molar-refractivity contribution in [3.8, 4) is 0 Å². The van der Waals surface area contributed by atoms with Gasteiger partial charge in [-0.1, -0.05) is 25.9 Å². The van der Waals surface area contributed by atoms with Crippen molar-refractivity contribution < 1.29 is 0 Å². The molecule has 0 radical (unpaired) electrons. The van der Waals surface area contributed by atoms with Crippen molar-refractivity contribution in [1.29, 1.82) is 0 Å². The molecule has 2 heteroatoms. The van der Waals surface area contributed by atoms with Gasteiger partial charge in [0.2, 0.25) is 0 Å². The molecule has 1 rings (SSSR count). The van der Waals surface area contributed by atoms with Gasteiger partial charge in [0.1, 0.15) is 0 Å². The summed E-state index contributed by atoms with van der Waals surface area (Å²) in [7, 11) is -0.878. The topological polar surface area (TPSA) is 0 Å². The van der Waals surface area contributed by atoms with Gasteiger partial charge in [-0.3, -0.25) is 0 Å². The molecule has 1 saturated carbocycles. The van der Waals surface area contributed by atoms with E-state index in [0.717, 1.165) is 11.0 Å². The average Bonchev–Trinajstić information content (AvgIpc) is 2.44. The lowest BCUT2D eigenvalue weighted by Crippen LogP contribution is -2.28. The number of hydrogen-bond donors (Lipinski definition) is 0. The first kappa shape index (κ1) is 6.62. The molecule has 0 heterocycles. The zero-order valence-corrected chi connectivity index (χ0v) is 7.33. The largest absolute Gasteiger partial charge is 0.130 e. The second kappa shape index (κ2) is 2.03. The summed E-state index contributed by atoms with van der Waals surface area (Å²) in [6, 6.07) is 0. The van der Waals surface area contributed by atoms with Gasteiger partial charge in [-0.15, -0.1) is 11.6 Å². The predicted octanol–water partition coefficient (Wildman–Crippen LogP) is 2.64. The van der Waals surface area contributed by atoms with Crippen molar-refractivity contribution in [2.24, 2.45) is 0 Å². The van der Waals surface area contributed by atoms with Gasteiger partial charge in [0.15, 0.2) is 0 Å². The highest BCUT2D eigenvalue weighted by Gasteiger charge is 2.38. The summed E-state index contributed by atoms with van der Waals surface area (Å²) < 4.78 is 0. The normalized spacial score (nSPS) is 21.4. The van der Waals surface area contributed by atoms with Gasteiger partial charge >= 0.3 is 0 Å². The van der Waals surface area contributed by atoms with E-state index in [1.54, 1.807) is 0 Å². The minimum Gasteiger partial charge on any atom is -0.130 e. The summed E-state index contributed by atoms with van der Waals surface area (Å²) in [5.74, 6) is 0. The minimum absolute atomic E-state index is 0.878. The van der Waals surface area contributed by atoms with E-state index < -0.39 is 8.07 Å². The molecule has 0 nitrogen and oxygen atoms in total. The van der Waals surface area contributed by atoms with E-state index in [1.807, 2.05) is 0 Å². The van der Waals surface area contributed by atoms with Gasteiger partial charge in [0, 0.05) is 5.50 Å². The van der Waals surface area contributed by atoms with Crippen LogP contribution in [0.3, 0.4) is 0 Å². The van der Waals surface area contributed by atoms with Crippen LogP contribution in [0.15, 0.2) is 0 Å². The first-order chi connectivity index (χ1) is 3.67. The van der Waals surface area contributed by atoms with E-state index in [0.29, 0.717) is 0 Å². The molecule has 0 aromatic rings. The third kappa shape index (κ3) is 1.26. The van der Waals surface area contributed by atoms with Crippen LogP contribution >= 0.6 is 11.6 Å². The predicted molar refractivity (Wildman–Crippen MR) is 41.2 cm³/mol. The number of rotatable bonds is 2. The summed E-state index contributed by atoms with van der Waals surface area (Å²) >= 11 is 5.79. The molecule has 1 fully saturated rings. The van der Waals surface area contributed by atoms with Crippen LogP contribution in [0.5, 0.6) is 0 Å². The summed E-state index contributed by atoms with van der Waals surface area (Å²) in [6.45, 7) is 4.77. The maximum Gasteiger partial charge on any atom is 0.0670 e. The molecule has 0 atom stereocenters. The fourth-order valence-corrected chi connectivity index (χ4v) is 3.58. The smallest absolute Gasteiger partial charge is 0.0670 e. The van der Waals surface area contributed by atoms with Gasteiger partial charge < -0.3 is 0 Å². The standard InChI is InChI=1S/C6H13ClSi/c1-8(2,5-7)6-3-4-6/h6H,3-5H2,1-2H3. The molecule has 0 aliphatic heterocycles. The molecular weight excluding hydrogens is 136 g/mol. The molecule has 0 amide bonds. The van der Waals surface area contributed by atoms with Gasteiger partial charge in [-0.2, -0.15) is 0 Å². The molecule has 0 saturated heterocycles. The first-order valence-electron chi connectivity index (χ1n) is 3.23. The van der Waals surface area contributed by atoms with Gasteiger partial charge in [-0.25, -0.2) is 0 Å². The van der Waals surface area contributed by atoms with Crippen LogP contribution in [-0.4, -0.2) is 13.6 Å². The van der Waals surface area contributed by atoms with Gasteiger partial charge in [-0.05, 0) is 5.54 Å². The van der Waals surface area contributed by atoms with Crippen LogP contribution in [0.1, 0.15) is 12.8 Å². The minimum atomic E-state index is -0.878. The van der Waals surface area contributed by atoms with Crippen molar-refractivity contribution in [2.75, 3.05) is 5.50 Å². The van der Waals surface area contributed by atoms with E-state index in [-0.39, 0.29) is 0 Å². The Morgan fingerprint density at radius 3 is 2.12 bits per heavy atom. The lowest BCUT2D eigenvalue weighted by molar-refractivity contribution is 1.32. The monoisotopic (exact) mass is 148 g/mol. The molecule has 0 unspecified atom stereocenters. The average molecular weight is 149 g/mol. The van der Waals surface area contributed by atoms with Crippen molar-refractivity contribution in [3.63, 3.8) is 0 Å². The third-order valence-corrected chi connectivity index (χ3v) is 7.57. The summed E-state index contributed by atoms with van der Waals surface area (Å²) in [6.07, 6.45) is 2.93. The number of halogens is 1. The van der Waals surface area contributed by atoms with E-state index in [1.165, 1.54) is 12.8 Å². The van der Waals surface area contributed by atoms with E-state index in [2.05, 4.69) is 13.1 Å². The Balaban J connectivity index is 2.37. The Morgan fingerprint density at radius 2 is 2.00 bits per heavy atom. The Morgan fingerprint density at radius 1 is 1.50 bits per heavy atom. The Hall–Kier alpha value is 0.507. The second-order valence-corrected chi connectivity index (χ2v) is 9.26. The summed E-state index contributed by atoms with van der Waals surface area (Å²) in [4.78, 5) is 0. The fraction of sp³-hybridized carbons (Fsp3) is 1.00. The Bertz CT molecular complexity index is 86.5. The maximum atomic E-state index is 5.79. The van der Waals surface area contributed by atoms with E-state index in [4.69, 9.17) is 11.6 Å². The number of hydrogen-bond acceptors (Lipinski definition) is 0. The van der Waals surface area contributed by atoms with Crippen molar-refractivity contribution in [3.05, 3.63) is 0 Å². The Labute approximate surface area is 57.2 Å². The molecule has 0 aromatic carbocycles. The highest BCUT2D eigenvalue weighted by Crippen LogP contribution is 2.45. The SMILES string of the molecule is C[Si](C)(CCl)C1CC1. The van der Waals surface area contributed by atoms with Crippen LogP contribution in [0.4, 0.5) is 0 Å². The Kier molecular flexibility index (Phi) is 1.68. The zero-order valence-electron chi connectivity index (χ0n) is 5.58. The molecule has 0 N–H and O–H groups in total. The van der Waals surface area contributed by atoms with E-state index >= 15 is 0 Å².